The first-order valence-corrected chi connectivity index (χ1v) is 9.31. The molecule has 10 heteroatoms. The Balaban J connectivity index is 2.07. The molecule has 0 unspecified atom stereocenters. The third-order valence-electron chi connectivity index (χ3n) is 3.76. The van der Waals surface area contributed by atoms with Gasteiger partial charge in [-0.05, 0) is 28.9 Å². The molecule has 0 aliphatic carbocycles. The predicted molar refractivity (Wildman–Crippen MR) is 109 cm³/mol. The molecule has 29 heavy (non-hydrogen) atoms. The smallest absolute Gasteiger partial charge is 0.303 e. The van der Waals surface area contributed by atoms with E-state index in [1.807, 2.05) is 6.07 Å². The summed E-state index contributed by atoms with van der Waals surface area (Å²) in [5.41, 5.74) is 2.29. The maximum Gasteiger partial charge on any atom is 0.303 e. The van der Waals surface area contributed by atoms with Crippen molar-refractivity contribution < 1.29 is 13.6 Å². The van der Waals surface area contributed by atoms with E-state index < -0.39 is 11.7 Å². The lowest BCUT2D eigenvalue weighted by Gasteiger charge is -2.15. The average molecular weight is 463 g/mol. The van der Waals surface area contributed by atoms with Crippen LogP contribution in [-0.2, 0) is 10.7 Å². The first-order valence-electron chi connectivity index (χ1n) is 8.52. The highest BCUT2D eigenvalue weighted by Gasteiger charge is 2.29. The van der Waals surface area contributed by atoms with Crippen molar-refractivity contribution in [2.45, 2.75) is 26.7 Å². The fourth-order valence-electron chi connectivity index (χ4n) is 2.54. The number of hydrogen-bond donors (Lipinski definition) is 2. The monoisotopic (exact) mass is 462 g/mol. The van der Waals surface area contributed by atoms with Crippen molar-refractivity contribution in [3.8, 4) is 11.1 Å². The number of amides is 1. The number of carbonyl (C=O) groups excluding carboxylic acids is 1. The maximum atomic E-state index is 13.7. The van der Waals surface area contributed by atoms with Crippen LogP contribution in [0.5, 0.6) is 0 Å². The molecular weight excluding hydrogens is 446 g/mol. The third kappa shape index (κ3) is 5.29. The first kappa shape index (κ1) is 20.7. The lowest BCUT2D eigenvalue weighted by Crippen LogP contribution is -2.14. The molecule has 0 saturated carbocycles. The molecule has 0 spiro atoms. The number of aromatic nitrogens is 4. The Labute approximate surface area is 174 Å². The maximum absolute atomic E-state index is 13.7. The van der Waals surface area contributed by atoms with E-state index in [0.717, 1.165) is 12.5 Å². The van der Waals surface area contributed by atoms with Crippen LogP contribution in [-0.4, -0.2) is 25.8 Å². The number of hydrogen-bond acceptors (Lipinski definition) is 6. The Bertz CT molecular complexity index is 1050. The van der Waals surface area contributed by atoms with Crippen molar-refractivity contribution >= 4 is 39.2 Å². The number of rotatable bonds is 5. The fourth-order valence-corrected chi connectivity index (χ4v) is 2.77. The number of carbonyl (C=O) groups is 1. The number of nitrogens with one attached hydrogen (secondary N) is 2. The number of halogens is 3. The molecule has 0 aromatic carbocycles. The molecule has 3 heterocycles. The van der Waals surface area contributed by atoms with E-state index in [0.29, 0.717) is 27.4 Å². The molecular formula is C19H17BrF2N6O. The predicted octanol–water partition coefficient (Wildman–Crippen LogP) is 4.82. The number of pyridine rings is 2. The van der Waals surface area contributed by atoms with Crippen LogP contribution in [0.4, 0.5) is 26.1 Å². The summed E-state index contributed by atoms with van der Waals surface area (Å²) in [5, 5.41) is 5.64. The Morgan fingerprint density at radius 3 is 2.48 bits per heavy atom. The van der Waals surface area contributed by atoms with Crippen molar-refractivity contribution in [3.63, 3.8) is 0 Å². The van der Waals surface area contributed by atoms with Gasteiger partial charge >= 0.3 is 5.92 Å². The van der Waals surface area contributed by atoms with Gasteiger partial charge in [0.1, 0.15) is 16.2 Å². The molecule has 1 amide bonds. The van der Waals surface area contributed by atoms with E-state index in [4.69, 9.17) is 0 Å². The second kappa shape index (κ2) is 8.16. The lowest BCUT2D eigenvalue weighted by atomic mass is 10.1. The second-order valence-corrected chi connectivity index (χ2v) is 7.21. The zero-order valence-electron chi connectivity index (χ0n) is 15.8. The SMILES string of the molecule is CC(=O)Nc1cc(Nc2cc(C)nc(C(C)(F)F)n2)c(-c2ccc(Br)nc2)cn1. The van der Waals surface area contributed by atoms with Crippen molar-refractivity contribution in [3.05, 3.63) is 52.8 Å². The third-order valence-corrected chi connectivity index (χ3v) is 4.23. The molecule has 3 aromatic heterocycles. The molecule has 0 fully saturated rings. The van der Waals surface area contributed by atoms with Gasteiger partial charge in [-0.3, -0.25) is 4.79 Å². The molecule has 0 aliphatic heterocycles. The van der Waals surface area contributed by atoms with E-state index in [9.17, 15) is 13.6 Å². The molecule has 2 N–H and O–H groups in total. The topological polar surface area (TPSA) is 92.7 Å². The van der Waals surface area contributed by atoms with E-state index in [-0.39, 0.29) is 11.7 Å². The molecule has 0 atom stereocenters. The Kier molecular flexibility index (Phi) is 5.83. The second-order valence-electron chi connectivity index (χ2n) is 6.40. The highest BCUT2D eigenvalue weighted by molar-refractivity contribution is 9.10. The van der Waals surface area contributed by atoms with Gasteiger partial charge in [0.05, 0.1) is 5.69 Å². The van der Waals surface area contributed by atoms with E-state index >= 15 is 0 Å². The highest BCUT2D eigenvalue weighted by atomic mass is 79.9. The minimum atomic E-state index is -3.18. The van der Waals surface area contributed by atoms with Gasteiger partial charge in [-0.1, -0.05) is 6.07 Å². The zero-order valence-corrected chi connectivity index (χ0v) is 17.4. The minimum Gasteiger partial charge on any atom is -0.339 e. The van der Waals surface area contributed by atoms with Gasteiger partial charge in [-0.25, -0.2) is 19.9 Å². The molecule has 150 valence electrons. The largest absolute Gasteiger partial charge is 0.339 e. The highest BCUT2D eigenvalue weighted by Crippen LogP contribution is 2.32. The molecule has 3 aromatic rings. The van der Waals surface area contributed by atoms with Crippen LogP contribution in [0.25, 0.3) is 11.1 Å². The van der Waals surface area contributed by atoms with Crippen molar-refractivity contribution in [2.24, 2.45) is 0 Å². The zero-order chi connectivity index (χ0) is 21.2. The molecule has 0 saturated heterocycles. The van der Waals surface area contributed by atoms with Gasteiger partial charge in [-0.2, -0.15) is 8.78 Å². The quantitative estimate of drug-likeness (QED) is 0.528. The minimum absolute atomic E-state index is 0.195. The van der Waals surface area contributed by atoms with Gasteiger partial charge < -0.3 is 10.6 Å². The Hall–Kier alpha value is -3.01. The Morgan fingerprint density at radius 2 is 1.86 bits per heavy atom. The standard InChI is InChI=1S/C19H17BrF2N6O/c1-10-6-17(28-18(25-10)19(3,21)22)27-14-7-16(26-11(2)29)24-9-13(14)12-4-5-15(20)23-8-12/h4-9H,1-3H3,(H2,24,25,26,27,28,29). The van der Waals surface area contributed by atoms with Crippen LogP contribution in [0, 0.1) is 6.92 Å². The number of anilines is 3. The van der Waals surface area contributed by atoms with Crippen molar-refractivity contribution in [2.75, 3.05) is 10.6 Å². The van der Waals surface area contributed by atoms with E-state index in [2.05, 4.69) is 46.5 Å². The van der Waals surface area contributed by atoms with E-state index in [1.165, 1.54) is 6.92 Å². The van der Waals surface area contributed by atoms with Crippen LogP contribution in [0.3, 0.4) is 0 Å². The van der Waals surface area contributed by atoms with Crippen LogP contribution >= 0.6 is 15.9 Å². The van der Waals surface area contributed by atoms with Gasteiger partial charge in [0.15, 0.2) is 0 Å². The summed E-state index contributed by atoms with van der Waals surface area (Å²) >= 11 is 3.29. The molecule has 0 bridgehead atoms. The van der Waals surface area contributed by atoms with Crippen LogP contribution in [0.15, 0.2) is 41.3 Å². The van der Waals surface area contributed by atoms with Crippen molar-refractivity contribution in [1.29, 1.82) is 0 Å². The molecule has 3 rings (SSSR count). The summed E-state index contributed by atoms with van der Waals surface area (Å²) in [5.74, 6) is -3.54. The number of alkyl halides is 2. The molecule has 0 radical (unpaired) electrons. The summed E-state index contributed by atoms with van der Waals surface area (Å²) in [4.78, 5) is 27.6. The Morgan fingerprint density at radius 1 is 1.10 bits per heavy atom. The van der Waals surface area contributed by atoms with Crippen LogP contribution in [0.2, 0.25) is 0 Å². The van der Waals surface area contributed by atoms with Gasteiger partial charge in [-0.15, -0.1) is 0 Å². The van der Waals surface area contributed by atoms with Gasteiger partial charge in [0.2, 0.25) is 11.7 Å². The molecule has 7 nitrogen and oxygen atoms in total. The average Bonchev–Trinajstić information content (AvgIpc) is 2.61. The van der Waals surface area contributed by atoms with Crippen molar-refractivity contribution in [1.82, 2.24) is 19.9 Å². The molecule has 0 aliphatic rings. The lowest BCUT2D eigenvalue weighted by molar-refractivity contribution is -0.114. The normalized spacial score (nSPS) is 11.2. The van der Waals surface area contributed by atoms with E-state index in [1.54, 1.807) is 37.5 Å². The summed E-state index contributed by atoms with van der Waals surface area (Å²) in [6.07, 6.45) is 3.20. The van der Waals surface area contributed by atoms with Crippen LogP contribution in [0.1, 0.15) is 25.4 Å². The van der Waals surface area contributed by atoms with Gasteiger partial charge in [0, 0.05) is 55.2 Å². The van der Waals surface area contributed by atoms with Crippen LogP contribution < -0.4 is 10.6 Å². The fraction of sp³-hybridized carbons (Fsp3) is 0.211. The first-order chi connectivity index (χ1) is 13.6. The summed E-state index contributed by atoms with van der Waals surface area (Å²) < 4.78 is 28.1. The number of aryl methyl sites for hydroxylation is 1. The summed E-state index contributed by atoms with van der Waals surface area (Å²) in [7, 11) is 0. The number of nitrogens with zero attached hydrogens (tertiary/aromatic N) is 4. The van der Waals surface area contributed by atoms with Gasteiger partial charge in [0.25, 0.3) is 0 Å². The summed E-state index contributed by atoms with van der Waals surface area (Å²) in [6, 6.07) is 6.75. The summed E-state index contributed by atoms with van der Waals surface area (Å²) in [6.45, 7) is 3.72.